The summed E-state index contributed by atoms with van der Waals surface area (Å²) in [6.45, 7) is 5.54. The van der Waals surface area contributed by atoms with Gasteiger partial charge in [0.15, 0.2) is 0 Å². The smallest absolute Gasteiger partial charge is 0.372 e. The Hall–Kier alpha value is -2.69. The zero-order valence-electron chi connectivity index (χ0n) is 11.1. The van der Waals surface area contributed by atoms with E-state index in [1.165, 1.54) is 4.57 Å². The van der Waals surface area contributed by atoms with Crippen LogP contribution >= 0.6 is 0 Å². The Morgan fingerprint density at radius 3 is 2.85 bits per heavy atom. The van der Waals surface area contributed by atoms with E-state index in [4.69, 9.17) is 4.42 Å². The molecule has 2 aromatic rings. The zero-order valence-corrected chi connectivity index (χ0v) is 11.1. The van der Waals surface area contributed by atoms with Gasteiger partial charge >= 0.3 is 11.4 Å². The zero-order chi connectivity index (χ0) is 14.5. The lowest BCUT2D eigenvalue weighted by Crippen LogP contribution is -2.25. The number of para-hydroxylation sites is 1. The summed E-state index contributed by atoms with van der Waals surface area (Å²) in [7, 11) is 0. The normalized spacial score (nSPS) is 12.2. The summed E-state index contributed by atoms with van der Waals surface area (Å²) >= 11 is 0. The predicted octanol–water partition coefficient (Wildman–Crippen LogP) is 2.12. The number of allylic oxidation sites excluding steroid dienone is 4. The lowest BCUT2D eigenvalue weighted by atomic mass is 10.2. The average molecular weight is 270 g/mol. The lowest BCUT2D eigenvalue weighted by Gasteiger charge is -2.08. The van der Waals surface area contributed by atoms with Gasteiger partial charge in [-0.2, -0.15) is 0 Å². The first-order valence-electron chi connectivity index (χ1n) is 6.08. The third-order valence-corrected chi connectivity index (χ3v) is 2.82. The minimum absolute atomic E-state index is 0.191. The van der Waals surface area contributed by atoms with Crippen LogP contribution in [0.3, 0.4) is 0 Å². The van der Waals surface area contributed by atoms with E-state index in [9.17, 15) is 9.59 Å². The molecule has 0 atom stereocenters. The van der Waals surface area contributed by atoms with Crippen molar-refractivity contribution in [3.63, 3.8) is 0 Å². The van der Waals surface area contributed by atoms with Gasteiger partial charge in [-0.25, -0.2) is 9.59 Å². The Kier molecular flexibility index (Phi) is 4.10. The van der Waals surface area contributed by atoms with Crippen molar-refractivity contribution in [2.45, 2.75) is 13.5 Å². The van der Waals surface area contributed by atoms with Crippen LogP contribution in [-0.4, -0.2) is 11.3 Å². The second-order valence-corrected chi connectivity index (χ2v) is 4.10. The van der Waals surface area contributed by atoms with Gasteiger partial charge in [-0.15, -0.1) is 0 Å². The summed E-state index contributed by atoms with van der Waals surface area (Å²) in [5, 5.41) is 0.363. The van der Waals surface area contributed by atoms with E-state index in [-0.39, 0.29) is 6.54 Å². The van der Waals surface area contributed by atoms with Gasteiger partial charge in [0.2, 0.25) is 0 Å². The van der Waals surface area contributed by atoms with Crippen molar-refractivity contribution in [1.29, 1.82) is 0 Å². The van der Waals surface area contributed by atoms with Crippen LogP contribution in [-0.2, 0) is 6.54 Å². The highest BCUT2D eigenvalue weighted by Crippen LogP contribution is 2.10. The number of aromatic nitrogens is 1. The fourth-order valence-electron chi connectivity index (χ4n) is 1.84. The quantitative estimate of drug-likeness (QED) is 0.631. The summed E-state index contributed by atoms with van der Waals surface area (Å²) in [4.78, 5) is 27.4. The molecule has 0 N–H and O–H groups in total. The van der Waals surface area contributed by atoms with Crippen molar-refractivity contribution in [3.8, 4) is 0 Å². The molecular formula is C15H14N2O3. The number of hydrogen-bond donors (Lipinski definition) is 0. The molecule has 5 heteroatoms. The maximum absolute atomic E-state index is 11.9. The Morgan fingerprint density at radius 2 is 2.15 bits per heavy atom. The van der Waals surface area contributed by atoms with E-state index in [2.05, 4.69) is 11.7 Å². The fourth-order valence-corrected chi connectivity index (χ4v) is 1.84. The topological polar surface area (TPSA) is 64.6 Å². The van der Waals surface area contributed by atoms with Crippen LogP contribution in [0, 0.1) is 0 Å². The van der Waals surface area contributed by atoms with Gasteiger partial charge in [0, 0.05) is 0 Å². The van der Waals surface area contributed by atoms with Crippen molar-refractivity contribution in [3.05, 3.63) is 69.2 Å². The molecular weight excluding hydrogens is 256 g/mol. The molecule has 0 aliphatic heterocycles. The van der Waals surface area contributed by atoms with Crippen LogP contribution in [0.1, 0.15) is 6.92 Å². The molecule has 1 aromatic carbocycles. The summed E-state index contributed by atoms with van der Waals surface area (Å²) in [5.41, 5.74) is 0.486. The molecule has 0 saturated heterocycles. The van der Waals surface area contributed by atoms with Crippen molar-refractivity contribution in [1.82, 2.24) is 4.57 Å². The largest absolute Gasteiger partial charge is 0.422 e. The van der Waals surface area contributed by atoms with Crippen LogP contribution in [0.2, 0.25) is 0 Å². The van der Waals surface area contributed by atoms with Gasteiger partial charge in [-0.3, -0.25) is 9.56 Å². The molecule has 1 aromatic heterocycles. The third kappa shape index (κ3) is 2.66. The second-order valence-electron chi connectivity index (χ2n) is 4.10. The average Bonchev–Trinajstić information content (AvgIpc) is 2.46. The van der Waals surface area contributed by atoms with Crippen LogP contribution in [0.25, 0.3) is 10.9 Å². The van der Waals surface area contributed by atoms with Crippen molar-refractivity contribution in [2.75, 3.05) is 0 Å². The number of nitrogens with zero attached hydrogens (tertiary/aromatic N) is 2. The number of aliphatic imine (C=N–C) groups is 1. The van der Waals surface area contributed by atoms with Crippen molar-refractivity contribution < 1.29 is 4.42 Å². The molecule has 0 bridgehead atoms. The highest BCUT2D eigenvalue weighted by molar-refractivity contribution is 5.77. The molecule has 0 saturated carbocycles. The standard InChI is InChI=1S/C15H14N2O3/c1-3-4-7-11(16-2)10-17-13-9-6-5-8-12(13)14(18)20-15(17)19/h3-9H,2,10H2,1H3/b4-3-,11-7-. The summed E-state index contributed by atoms with van der Waals surface area (Å²) in [5.74, 6) is -0.705. The van der Waals surface area contributed by atoms with Gasteiger partial charge in [0.1, 0.15) is 0 Å². The second kappa shape index (κ2) is 5.97. The van der Waals surface area contributed by atoms with Crippen LogP contribution in [0.4, 0.5) is 0 Å². The lowest BCUT2D eigenvalue weighted by molar-refractivity contribution is 0.423. The SMILES string of the molecule is C=N/C(=C\C=C/C)Cn1c(=O)oc(=O)c2ccccc21. The van der Waals surface area contributed by atoms with Gasteiger partial charge in [0.25, 0.3) is 0 Å². The molecule has 0 fully saturated rings. The van der Waals surface area contributed by atoms with Crippen LogP contribution < -0.4 is 11.4 Å². The molecule has 0 aliphatic carbocycles. The molecule has 0 radical (unpaired) electrons. The molecule has 2 rings (SSSR count). The number of rotatable bonds is 4. The first-order valence-corrected chi connectivity index (χ1v) is 6.08. The predicted molar refractivity (Wildman–Crippen MR) is 79.2 cm³/mol. The highest BCUT2D eigenvalue weighted by Gasteiger charge is 2.09. The third-order valence-electron chi connectivity index (χ3n) is 2.82. The minimum atomic E-state index is -0.705. The van der Waals surface area contributed by atoms with Crippen molar-refractivity contribution in [2.24, 2.45) is 4.99 Å². The first kappa shape index (κ1) is 13.7. The summed E-state index contributed by atoms with van der Waals surface area (Å²) in [6, 6.07) is 6.79. The van der Waals surface area contributed by atoms with E-state index in [1.54, 1.807) is 36.4 Å². The van der Waals surface area contributed by atoms with Gasteiger partial charge in [-0.05, 0) is 31.9 Å². The molecule has 20 heavy (non-hydrogen) atoms. The summed E-state index contributed by atoms with van der Waals surface area (Å²) in [6.07, 6.45) is 5.40. The number of fused-ring (bicyclic) bond motifs is 1. The Balaban J connectivity index is 2.63. The van der Waals surface area contributed by atoms with E-state index in [0.29, 0.717) is 16.6 Å². The first-order chi connectivity index (χ1) is 9.67. The van der Waals surface area contributed by atoms with Gasteiger partial charge in [0.05, 0.1) is 23.1 Å². The summed E-state index contributed by atoms with van der Waals surface area (Å²) < 4.78 is 6.08. The molecule has 102 valence electrons. The molecule has 0 amide bonds. The van der Waals surface area contributed by atoms with Crippen LogP contribution in [0.15, 0.2) is 67.2 Å². The van der Waals surface area contributed by atoms with E-state index in [0.717, 1.165) is 0 Å². The maximum Gasteiger partial charge on any atom is 0.422 e. The van der Waals surface area contributed by atoms with E-state index >= 15 is 0 Å². The molecule has 0 spiro atoms. The van der Waals surface area contributed by atoms with Crippen LogP contribution in [0.5, 0.6) is 0 Å². The monoisotopic (exact) mass is 270 g/mol. The van der Waals surface area contributed by atoms with Crippen molar-refractivity contribution >= 4 is 17.6 Å². The Bertz CT molecular complexity index is 810. The number of hydrogen-bond acceptors (Lipinski definition) is 4. The van der Waals surface area contributed by atoms with E-state index in [1.807, 2.05) is 13.0 Å². The Labute approximate surface area is 115 Å². The number of benzene rings is 1. The fraction of sp³-hybridized carbons (Fsp3) is 0.133. The minimum Gasteiger partial charge on any atom is -0.372 e. The highest BCUT2D eigenvalue weighted by atomic mass is 16.4. The molecule has 0 unspecified atom stereocenters. The molecule has 1 heterocycles. The van der Waals surface area contributed by atoms with Gasteiger partial charge < -0.3 is 4.42 Å². The van der Waals surface area contributed by atoms with E-state index < -0.39 is 11.4 Å². The molecule has 5 nitrogen and oxygen atoms in total. The maximum atomic E-state index is 11.9. The molecule has 0 aliphatic rings. The Morgan fingerprint density at radius 1 is 1.40 bits per heavy atom. The van der Waals surface area contributed by atoms with Gasteiger partial charge in [-0.1, -0.05) is 24.3 Å².